The Bertz CT molecular complexity index is 955. The Morgan fingerprint density at radius 3 is 2.40 bits per heavy atom. The number of aromatic nitrogens is 1. The maximum atomic E-state index is 12.3. The van der Waals surface area contributed by atoms with Gasteiger partial charge in [0.25, 0.3) is 11.8 Å². The molecule has 1 aromatic carbocycles. The average Bonchev–Trinajstić information content (AvgIpc) is 3.12. The Morgan fingerprint density at radius 1 is 1.16 bits per heavy atom. The van der Waals surface area contributed by atoms with Crippen LogP contribution in [0.15, 0.2) is 34.9 Å². The molecular formula is C18H17N3O3S. The van der Waals surface area contributed by atoms with E-state index in [0.717, 1.165) is 21.6 Å². The lowest BCUT2D eigenvalue weighted by molar-refractivity contribution is 0.100. The van der Waals surface area contributed by atoms with Gasteiger partial charge in [-0.3, -0.25) is 9.59 Å². The summed E-state index contributed by atoms with van der Waals surface area (Å²) in [6.07, 6.45) is 0. The minimum absolute atomic E-state index is 0.149. The normalized spacial score (nSPS) is 10.7. The SMILES string of the molecule is Cc1ccc(-c2c(C)sc(NC(=O)c3cc(C)on3)c2C(N)=O)cc1. The molecule has 2 aromatic heterocycles. The quantitative estimate of drug-likeness (QED) is 0.746. The zero-order chi connectivity index (χ0) is 18.1. The first-order chi connectivity index (χ1) is 11.9. The van der Waals surface area contributed by atoms with E-state index in [2.05, 4.69) is 10.5 Å². The van der Waals surface area contributed by atoms with Crippen LogP contribution in [-0.2, 0) is 0 Å². The molecule has 25 heavy (non-hydrogen) atoms. The van der Waals surface area contributed by atoms with Crippen LogP contribution in [0.1, 0.15) is 37.0 Å². The summed E-state index contributed by atoms with van der Waals surface area (Å²) in [5, 5.41) is 6.81. The fourth-order valence-electron chi connectivity index (χ4n) is 2.58. The molecule has 0 fully saturated rings. The molecule has 0 spiro atoms. The fourth-order valence-corrected chi connectivity index (χ4v) is 3.65. The predicted octanol–water partition coefficient (Wildman–Crippen LogP) is 3.68. The van der Waals surface area contributed by atoms with Crippen LogP contribution in [0.25, 0.3) is 11.1 Å². The van der Waals surface area contributed by atoms with E-state index < -0.39 is 11.8 Å². The number of hydrogen-bond acceptors (Lipinski definition) is 5. The summed E-state index contributed by atoms with van der Waals surface area (Å²) in [4.78, 5) is 25.3. The Balaban J connectivity index is 2.03. The highest BCUT2D eigenvalue weighted by Crippen LogP contribution is 2.39. The minimum atomic E-state index is -0.591. The number of benzene rings is 1. The van der Waals surface area contributed by atoms with Crippen LogP contribution in [0.5, 0.6) is 0 Å². The first kappa shape index (κ1) is 16.9. The van der Waals surface area contributed by atoms with Crippen molar-refractivity contribution in [1.82, 2.24) is 5.16 Å². The van der Waals surface area contributed by atoms with Crippen LogP contribution in [0.2, 0.25) is 0 Å². The summed E-state index contributed by atoms with van der Waals surface area (Å²) in [5.74, 6) is -0.509. The molecule has 3 aromatic rings. The van der Waals surface area contributed by atoms with Crippen LogP contribution in [0.3, 0.4) is 0 Å². The lowest BCUT2D eigenvalue weighted by Crippen LogP contribution is -2.17. The Morgan fingerprint density at radius 2 is 1.84 bits per heavy atom. The van der Waals surface area contributed by atoms with E-state index in [9.17, 15) is 9.59 Å². The smallest absolute Gasteiger partial charge is 0.278 e. The molecule has 0 aliphatic rings. The maximum absolute atomic E-state index is 12.3. The summed E-state index contributed by atoms with van der Waals surface area (Å²) in [6.45, 7) is 5.58. The highest BCUT2D eigenvalue weighted by molar-refractivity contribution is 7.17. The fraction of sp³-hybridized carbons (Fsp3) is 0.167. The number of hydrogen-bond donors (Lipinski definition) is 2. The third-order valence-electron chi connectivity index (χ3n) is 3.76. The van der Waals surface area contributed by atoms with E-state index in [1.165, 1.54) is 17.4 Å². The zero-order valence-corrected chi connectivity index (χ0v) is 14.9. The number of carbonyl (C=O) groups excluding carboxylic acids is 2. The lowest BCUT2D eigenvalue weighted by Gasteiger charge is -2.06. The molecule has 0 bridgehead atoms. The van der Waals surface area contributed by atoms with Crippen LogP contribution in [-0.4, -0.2) is 17.0 Å². The second kappa shape index (κ2) is 6.52. The van der Waals surface area contributed by atoms with Gasteiger partial charge < -0.3 is 15.6 Å². The Labute approximate surface area is 148 Å². The first-order valence-electron chi connectivity index (χ1n) is 7.61. The number of rotatable bonds is 4. The molecule has 3 rings (SSSR count). The van der Waals surface area contributed by atoms with Crippen molar-refractivity contribution in [2.45, 2.75) is 20.8 Å². The van der Waals surface area contributed by atoms with Gasteiger partial charge in [0.2, 0.25) is 0 Å². The Hall–Kier alpha value is -2.93. The van der Waals surface area contributed by atoms with E-state index in [1.54, 1.807) is 6.92 Å². The molecule has 7 heteroatoms. The van der Waals surface area contributed by atoms with Gasteiger partial charge in [-0.25, -0.2) is 0 Å². The van der Waals surface area contributed by atoms with Crippen LogP contribution >= 0.6 is 11.3 Å². The van der Waals surface area contributed by atoms with Crippen molar-refractivity contribution in [2.75, 3.05) is 5.32 Å². The third kappa shape index (κ3) is 3.32. The molecule has 0 aliphatic heterocycles. The van der Waals surface area contributed by atoms with Gasteiger partial charge in [0.15, 0.2) is 5.69 Å². The number of thiophene rings is 1. The Kier molecular flexibility index (Phi) is 4.41. The predicted molar refractivity (Wildman–Crippen MR) is 96.9 cm³/mol. The van der Waals surface area contributed by atoms with E-state index in [-0.39, 0.29) is 5.69 Å². The maximum Gasteiger partial charge on any atom is 0.278 e. The molecule has 2 amide bonds. The first-order valence-corrected chi connectivity index (χ1v) is 8.43. The number of primary amides is 1. The van der Waals surface area contributed by atoms with Crippen molar-refractivity contribution < 1.29 is 14.1 Å². The summed E-state index contributed by atoms with van der Waals surface area (Å²) < 4.78 is 4.91. The molecule has 2 heterocycles. The third-order valence-corrected chi connectivity index (χ3v) is 4.78. The highest BCUT2D eigenvalue weighted by Gasteiger charge is 2.23. The number of aryl methyl sites for hydroxylation is 3. The van der Waals surface area contributed by atoms with Gasteiger partial charge in [0.1, 0.15) is 10.8 Å². The standard InChI is InChI=1S/C18H17N3O3S/c1-9-4-6-12(7-5-9)14-11(3)25-18(15(14)16(19)22)20-17(23)13-8-10(2)24-21-13/h4-8H,1-3H3,(H2,19,22)(H,20,23). The van der Waals surface area contributed by atoms with E-state index in [0.29, 0.717) is 16.3 Å². The number of anilines is 1. The molecule has 0 atom stereocenters. The summed E-state index contributed by atoms with van der Waals surface area (Å²) >= 11 is 1.31. The largest absolute Gasteiger partial charge is 0.365 e. The van der Waals surface area contributed by atoms with Crippen molar-refractivity contribution in [3.63, 3.8) is 0 Å². The van der Waals surface area contributed by atoms with Gasteiger partial charge in [-0.1, -0.05) is 35.0 Å². The molecule has 128 valence electrons. The van der Waals surface area contributed by atoms with Crippen molar-refractivity contribution in [1.29, 1.82) is 0 Å². The topological polar surface area (TPSA) is 98.2 Å². The molecule has 6 nitrogen and oxygen atoms in total. The number of amides is 2. The van der Waals surface area contributed by atoms with Crippen molar-refractivity contribution in [2.24, 2.45) is 5.73 Å². The van der Waals surface area contributed by atoms with Gasteiger partial charge >= 0.3 is 0 Å². The average molecular weight is 355 g/mol. The number of nitrogens with one attached hydrogen (secondary N) is 1. The minimum Gasteiger partial charge on any atom is -0.365 e. The van der Waals surface area contributed by atoms with Crippen molar-refractivity contribution in [3.05, 3.63) is 57.8 Å². The van der Waals surface area contributed by atoms with E-state index in [4.69, 9.17) is 10.3 Å². The summed E-state index contributed by atoms with van der Waals surface area (Å²) in [5.41, 5.74) is 8.79. The van der Waals surface area contributed by atoms with Crippen LogP contribution in [0, 0.1) is 20.8 Å². The van der Waals surface area contributed by atoms with Gasteiger partial charge in [-0.15, -0.1) is 11.3 Å². The molecule has 0 radical (unpaired) electrons. The van der Waals surface area contributed by atoms with Gasteiger partial charge in [-0.2, -0.15) is 0 Å². The van der Waals surface area contributed by atoms with E-state index in [1.807, 2.05) is 38.1 Å². The van der Waals surface area contributed by atoms with Crippen molar-refractivity contribution >= 4 is 28.2 Å². The number of carbonyl (C=O) groups is 2. The number of nitrogens with two attached hydrogens (primary N) is 1. The molecular weight excluding hydrogens is 338 g/mol. The molecule has 3 N–H and O–H groups in total. The summed E-state index contributed by atoms with van der Waals surface area (Å²) in [7, 11) is 0. The highest BCUT2D eigenvalue weighted by atomic mass is 32.1. The second-order valence-electron chi connectivity index (χ2n) is 5.74. The molecule has 0 saturated carbocycles. The van der Waals surface area contributed by atoms with E-state index >= 15 is 0 Å². The lowest BCUT2D eigenvalue weighted by atomic mass is 10.00. The monoisotopic (exact) mass is 355 g/mol. The van der Waals surface area contributed by atoms with Crippen LogP contribution < -0.4 is 11.1 Å². The van der Waals surface area contributed by atoms with Crippen molar-refractivity contribution in [3.8, 4) is 11.1 Å². The number of nitrogens with zero attached hydrogens (tertiary/aromatic N) is 1. The molecule has 0 aliphatic carbocycles. The van der Waals surface area contributed by atoms with Gasteiger partial charge in [0.05, 0.1) is 5.56 Å². The van der Waals surface area contributed by atoms with Gasteiger partial charge in [0, 0.05) is 16.5 Å². The van der Waals surface area contributed by atoms with Gasteiger partial charge in [-0.05, 0) is 26.3 Å². The van der Waals surface area contributed by atoms with Crippen LogP contribution in [0.4, 0.5) is 5.00 Å². The molecule has 0 unspecified atom stereocenters. The second-order valence-corrected chi connectivity index (χ2v) is 6.97. The molecule has 0 saturated heterocycles. The zero-order valence-electron chi connectivity index (χ0n) is 14.0. The summed E-state index contributed by atoms with van der Waals surface area (Å²) in [6, 6.07) is 9.33.